The third-order valence-electron chi connectivity index (χ3n) is 0.961. The van der Waals surface area contributed by atoms with E-state index in [0.717, 1.165) is 0 Å². The van der Waals surface area contributed by atoms with Gasteiger partial charge in [-0.15, -0.1) is 0 Å². The van der Waals surface area contributed by atoms with Gasteiger partial charge in [0.2, 0.25) is 0 Å². The van der Waals surface area contributed by atoms with Crippen molar-refractivity contribution in [3.05, 3.63) is 22.6 Å². The van der Waals surface area contributed by atoms with Crippen LogP contribution in [0, 0.1) is 0 Å². The van der Waals surface area contributed by atoms with Crippen molar-refractivity contribution >= 4 is 39.5 Å². The van der Waals surface area contributed by atoms with Crippen molar-refractivity contribution in [1.29, 1.82) is 0 Å². The molecule has 0 bridgehead atoms. The molecule has 12 heavy (non-hydrogen) atoms. The smallest absolute Gasteiger partial charge is 0.184 e. The van der Waals surface area contributed by atoms with Crippen molar-refractivity contribution in [3.8, 4) is 0 Å². The number of thiocarbonyl (C=S) groups is 1. The van der Waals surface area contributed by atoms with Crippen molar-refractivity contribution in [2.45, 2.75) is 0 Å². The molecule has 1 heterocycles. The van der Waals surface area contributed by atoms with E-state index in [9.17, 15) is 0 Å². The Bertz CT molecular complexity index is 309. The Morgan fingerprint density at radius 3 is 3.00 bits per heavy atom. The Morgan fingerprint density at radius 2 is 2.50 bits per heavy atom. The fourth-order valence-electron chi connectivity index (χ4n) is 0.557. The van der Waals surface area contributed by atoms with Crippen LogP contribution in [0.3, 0.4) is 0 Å². The molecule has 0 aromatic carbocycles. The van der Waals surface area contributed by atoms with Gasteiger partial charge in [0.1, 0.15) is 5.76 Å². The molecule has 64 valence electrons. The van der Waals surface area contributed by atoms with E-state index in [1.54, 1.807) is 12.1 Å². The predicted molar refractivity (Wildman–Crippen MR) is 53.9 cm³/mol. The van der Waals surface area contributed by atoms with Crippen molar-refractivity contribution in [3.63, 3.8) is 0 Å². The zero-order valence-corrected chi connectivity index (χ0v) is 8.35. The molecule has 0 radical (unpaired) electrons. The van der Waals surface area contributed by atoms with Crippen LogP contribution >= 0.6 is 28.1 Å². The molecule has 0 aliphatic rings. The molecule has 0 spiro atoms. The van der Waals surface area contributed by atoms with Gasteiger partial charge in [0, 0.05) is 0 Å². The van der Waals surface area contributed by atoms with E-state index in [1.807, 2.05) is 0 Å². The fourth-order valence-corrected chi connectivity index (χ4v) is 0.929. The average molecular weight is 248 g/mol. The molecule has 0 saturated carbocycles. The minimum Gasteiger partial charge on any atom is -0.448 e. The van der Waals surface area contributed by atoms with Gasteiger partial charge >= 0.3 is 0 Å². The summed E-state index contributed by atoms with van der Waals surface area (Å²) in [6.45, 7) is 0. The second-order valence-corrected chi connectivity index (χ2v) is 3.10. The highest BCUT2D eigenvalue weighted by atomic mass is 79.9. The van der Waals surface area contributed by atoms with Crippen LogP contribution in [0.1, 0.15) is 5.76 Å². The predicted octanol–water partition coefficient (Wildman–Crippen LogP) is 1.21. The third-order valence-corrected chi connectivity index (χ3v) is 1.48. The molecular weight excluding hydrogens is 242 g/mol. The van der Waals surface area contributed by atoms with Crippen LogP contribution in [0.15, 0.2) is 26.3 Å². The Hall–Kier alpha value is -0.880. The van der Waals surface area contributed by atoms with Crippen molar-refractivity contribution in [2.24, 2.45) is 10.8 Å². The molecule has 6 heteroatoms. The van der Waals surface area contributed by atoms with E-state index < -0.39 is 0 Å². The fraction of sp³-hybridized carbons (Fsp3) is 0. The summed E-state index contributed by atoms with van der Waals surface area (Å²) in [5.41, 5.74) is 7.54. The first-order valence-electron chi connectivity index (χ1n) is 3.02. The van der Waals surface area contributed by atoms with Gasteiger partial charge in [0.15, 0.2) is 9.78 Å². The van der Waals surface area contributed by atoms with Crippen LogP contribution in [-0.4, -0.2) is 11.3 Å². The summed E-state index contributed by atoms with van der Waals surface area (Å²) < 4.78 is 5.76. The third kappa shape index (κ3) is 3.02. The number of furan rings is 1. The molecule has 0 aliphatic carbocycles. The molecule has 4 nitrogen and oxygen atoms in total. The summed E-state index contributed by atoms with van der Waals surface area (Å²) in [6, 6.07) is 3.52. The summed E-state index contributed by atoms with van der Waals surface area (Å²) in [5.74, 6) is 0.616. The Morgan fingerprint density at radius 1 is 1.75 bits per heavy atom. The molecule has 0 amide bonds. The summed E-state index contributed by atoms with van der Waals surface area (Å²) in [4.78, 5) is 0. The molecule has 0 unspecified atom stereocenters. The minimum absolute atomic E-state index is 0.122. The first kappa shape index (κ1) is 9.21. The van der Waals surface area contributed by atoms with Gasteiger partial charge in [-0.2, -0.15) is 5.10 Å². The topological polar surface area (TPSA) is 63.5 Å². The van der Waals surface area contributed by atoms with E-state index in [0.29, 0.717) is 10.4 Å². The maximum absolute atomic E-state index is 5.13. The van der Waals surface area contributed by atoms with Gasteiger partial charge in [-0.25, -0.2) is 0 Å². The molecule has 0 fully saturated rings. The van der Waals surface area contributed by atoms with Gasteiger partial charge in [0.25, 0.3) is 0 Å². The lowest BCUT2D eigenvalue weighted by Crippen LogP contribution is -2.23. The van der Waals surface area contributed by atoms with Crippen molar-refractivity contribution < 1.29 is 4.42 Å². The first-order valence-corrected chi connectivity index (χ1v) is 4.22. The van der Waals surface area contributed by atoms with Crippen LogP contribution in [-0.2, 0) is 0 Å². The highest BCUT2D eigenvalue weighted by Crippen LogP contribution is 2.11. The summed E-state index contributed by atoms with van der Waals surface area (Å²) in [6.07, 6.45) is 1.48. The first-order chi connectivity index (χ1) is 5.68. The number of hydrazone groups is 1. The maximum atomic E-state index is 5.13. The number of rotatable bonds is 2. The highest BCUT2D eigenvalue weighted by molar-refractivity contribution is 9.10. The minimum atomic E-state index is 0.122. The number of hydrogen-bond acceptors (Lipinski definition) is 3. The Labute approximate surface area is 82.9 Å². The summed E-state index contributed by atoms with van der Waals surface area (Å²) in [7, 11) is 0. The molecule has 1 aromatic rings. The lowest BCUT2D eigenvalue weighted by Gasteiger charge is -1.91. The maximum Gasteiger partial charge on any atom is 0.184 e. The Balaban J connectivity index is 2.52. The summed E-state index contributed by atoms with van der Waals surface area (Å²) in [5, 5.41) is 3.82. The molecule has 0 atom stereocenters. The van der Waals surface area contributed by atoms with Crippen LogP contribution in [0.25, 0.3) is 0 Å². The summed E-state index contributed by atoms with van der Waals surface area (Å²) >= 11 is 7.68. The van der Waals surface area contributed by atoms with E-state index in [1.165, 1.54) is 6.21 Å². The SMILES string of the molecule is NC(=S)N/N=C\c1ccc(Br)o1. The van der Waals surface area contributed by atoms with Gasteiger partial charge in [0.05, 0.1) is 6.21 Å². The number of nitrogens with two attached hydrogens (primary N) is 1. The number of nitrogens with zero attached hydrogens (tertiary/aromatic N) is 1. The number of halogens is 1. The Kier molecular flexibility index (Phi) is 3.24. The second-order valence-electron chi connectivity index (χ2n) is 1.88. The van der Waals surface area contributed by atoms with Crippen LogP contribution in [0.2, 0.25) is 0 Å². The van der Waals surface area contributed by atoms with E-state index >= 15 is 0 Å². The standard InChI is InChI=1S/C6H6BrN3OS/c7-5-2-1-4(11-5)3-9-10-6(8)12/h1-3H,(H3,8,10,12)/b9-3-. The highest BCUT2D eigenvalue weighted by Gasteiger charge is 1.93. The van der Waals surface area contributed by atoms with Crippen LogP contribution in [0.5, 0.6) is 0 Å². The lowest BCUT2D eigenvalue weighted by atomic mass is 10.5. The van der Waals surface area contributed by atoms with E-state index in [-0.39, 0.29) is 5.11 Å². The molecular formula is C6H6BrN3OS. The van der Waals surface area contributed by atoms with Crippen molar-refractivity contribution in [2.75, 3.05) is 0 Å². The molecule has 3 N–H and O–H groups in total. The molecule has 0 aliphatic heterocycles. The number of hydrogen-bond donors (Lipinski definition) is 2. The molecule has 1 aromatic heterocycles. The van der Waals surface area contributed by atoms with Crippen LogP contribution < -0.4 is 11.2 Å². The van der Waals surface area contributed by atoms with Crippen molar-refractivity contribution in [1.82, 2.24) is 5.43 Å². The molecule has 0 saturated heterocycles. The van der Waals surface area contributed by atoms with Crippen LogP contribution in [0.4, 0.5) is 0 Å². The van der Waals surface area contributed by atoms with Gasteiger partial charge in [-0.05, 0) is 40.3 Å². The average Bonchev–Trinajstić information content (AvgIpc) is 2.35. The molecule has 1 rings (SSSR count). The zero-order valence-electron chi connectivity index (χ0n) is 5.95. The van der Waals surface area contributed by atoms with E-state index in [2.05, 4.69) is 38.7 Å². The monoisotopic (exact) mass is 247 g/mol. The van der Waals surface area contributed by atoms with Gasteiger partial charge < -0.3 is 10.2 Å². The quantitative estimate of drug-likeness (QED) is 0.469. The largest absolute Gasteiger partial charge is 0.448 e. The zero-order chi connectivity index (χ0) is 8.97. The second kappa shape index (κ2) is 4.22. The van der Waals surface area contributed by atoms with Gasteiger partial charge in [-0.3, -0.25) is 5.43 Å². The lowest BCUT2D eigenvalue weighted by molar-refractivity contribution is 0.534. The van der Waals surface area contributed by atoms with E-state index in [4.69, 9.17) is 10.2 Å². The van der Waals surface area contributed by atoms with Gasteiger partial charge in [-0.1, -0.05) is 0 Å². The normalized spacial score (nSPS) is 10.4. The number of nitrogens with one attached hydrogen (secondary N) is 1.